The molecule has 1 amide bonds. The number of halogens is 6. The Bertz CT molecular complexity index is 855. The quantitative estimate of drug-likeness (QED) is 0.543. The molecule has 2 aromatic rings. The molecule has 0 bridgehead atoms. The van der Waals surface area contributed by atoms with Crippen molar-refractivity contribution in [2.45, 2.75) is 6.18 Å². The Morgan fingerprint density at radius 2 is 1.80 bits per heavy atom. The molecule has 0 aliphatic rings. The van der Waals surface area contributed by atoms with Crippen LogP contribution in [-0.2, 0) is 6.18 Å². The molecular formula is C15H8Cl3F3N2O2. The summed E-state index contributed by atoms with van der Waals surface area (Å²) in [4.78, 5) is 11.9. The standard InChI is InChI=1S/C15H8Cl3F3N2O2/c16-9-3-8(13(24)12(18)5-9)6-22-23-14(25)7-1-2-11(17)10(4-7)15(19,20)21/h1-6,24H,(H,23,25)/b22-6-. The van der Waals surface area contributed by atoms with Crippen molar-refractivity contribution in [3.8, 4) is 5.75 Å². The summed E-state index contributed by atoms with van der Waals surface area (Å²) in [6, 6.07) is 5.34. The van der Waals surface area contributed by atoms with Gasteiger partial charge in [0.25, 0.3) is 5.91 Å². The minimum Gasteiger partial charge on any atom is -0.506 e. The Balaban J connectivity index is 2.19. The summed E-state index contributed by atoms with van der Waals surface area (Å²) in [5.41, 5.74) is 0.726. The van der Waals surface area contributed by atoms with Crippen LogP contribution < -0.4 is 5.43 Å². The van der Waals surface area contributed by atoms with Gasteiger partial charge in [-0.1, -0.05) is 34.8 Å². The van der Waals surface area contributed by atoms with E-state index in [1.807, 2.05) is 5.43 Å². The van der Waals surface area contributed by atoms with E-state index < -0.39 is 22.7 Å². The summed E-state index contributed by atoms with van der Waals surface area (Å²) in [6.45, 7) is 0. The molecule has 0 aliphatic heterocycles. The van der Waals surface area contributed by atoms with E-state index in [4.69, 9.17) is 34.8 Å². The molecule has 0 saturated heterocycles. The van der Waals surface area contributed by atoms with Crippen molar-refractivity contribution < 1.29 is 23.1 Å². The smallest absolute Gasteiger partial charge is 0.417 e. The summed E-state index contributed by atoms with van der Waals surface area (Å²) in [7, 11) is 0. The van der Waals surface area contributed by atoms with E-state index in [0.717, 1.165) is 18.3 Å². The summed E-state index contributed by atoms with van der Waals surface area (Å²) >= 11 is 17.0. The maximum absolute atomic E-state index is 12.8. The SMILES string of the molecule is O=C(N/N=C\c1cc(Cl)cc(Cl)c1O)c1ccc(Cl)c(C(F)(F)F)c1. The van der Waals surface area contributed by atoms with Crippen LogP contribution in [0.3, 0.4) is 0 Å². The van der Waals surface area contributed by atoms with Crippen LogP contribution >= 0.6 is 34.8 Å². The molecular weight excluding hydrogens is 404 g/mol. The number of phenolic OH excluding ortho intramolecular Hbond substituents is 1. The third-order valence-corrected chi connectivity index (χ3v) is 3.80. The monoisotopic (exact) mass is 410 g/mol. The normalized spacial score (nSPS) is 11.8. The summed E-state index contributed by atoms with van der Waals surface area (Å²) in [5, 5.41) is 13.0. The molecule has 0 heterocycles. The van der Waals surface area contributed by atoms with E-state index in [9.17, 15) is 23.1 Å². The number of aromatic hydroxyl groups is 1. The van der Waals surface area contributed by atoms with Gasteiger partial charge in [0.05, 0.1) is 21.8 Å². The second kappa shape index (κ2) is 7.51. The number of hydrazone groups is 1. The molecule has 0 unspecified atom stereocenters. The highest BCUT2D eigenvalue weighted by Crippen LogP contribution is 2.35. The van der Waals surface area contributed by atoms with Gasteiger partial charge in [-0.25, -0.2) is 5.43 Å². The molecule has 0 fully saturated rings. The third kappa shape index (κ3) is 4.78. The number of alkyl halides is 3. The molecule has 132 valence electrons. The van der Waals surface area contributed by atoms with Gasteiger partial charge in [0, 0.05) is 16.1 Å². The molecule has 10 heteroatoms. The van der Waals surface area contributed by atoms with E-state index >= 15 is 0 Å². The number of carbonyl (C=O) groups excluding carboxylic acids is 1. The molecule has 4 nitrogen and oxygen atoms in total. The van der Waals surface area contributed by atoms with Gasteiger partial charge in [-0.15, -0.1) is 0 Å². The Kier molecular flexibility index (Phi) is 5.82. The lowest BCUT2D eigenvalue weighted by Crippen LogP contribution is -2.18. The average Bonchev–Trinajstić information content (AvgIpc) is 2.51. The van der Waals surface area contributed by atoms with Crippen LogP contribution in [0, 0.1) is 0 Å². The first-order chi connectivity index (χ1) is 11.6. The number of nitrogens with zero attached hydrogens (tertiary/aromatic N) is 1. The van der Waals surface area contributed by atoms with Crippen LogP contribution in [0.2, 0.25) is 15.1 Å². The fraction of sp³-hybridized carbons (Fsp3) is 0.0667. The van der Waals surface area contributed by atoms with Crippen molar-refractivity contribution >= 4 is 46.9 Å². The largest absolute Gasteiger partial charge is 0.506 e. The first-order valence-corrected chi connectivity index (χ1v) is 7.61. The molecule has 0 saturated carbocycles. The third-order valence-electron chi connectivity index (χ3n) is 2.96. The van der Waals surface area contributed by atoms with Gasteiger partial charge in [0.15, 0.2) is 0 Å². The van der Waals surface area contributed by atoms with Crippen molar-refractivity contribution in [3.05, 3.63) is 62.1 Å². The highest BCUT2D eigenvalue weighted by atomic mass is 35.5. The number of rotatable bonds is 3. The van der Waals surface area contributed by atoms with Gasteiger partial charge in [0.2, 0.25) is 0 Å². The van der Waals surface area contributed by atoms with Crippen molar-refractivity contribution in [2.75, 3.05) is 0 Å². The molecule has 2 N–H and O–H groups in total. The van der Waals surface area contributed by atoms with E-state index in [1.165, 1.54) is 12.1 Å². The van der Waals surface area contributed by atoms with Crippen LogP contribution in [0.4, 0.5) is 13.2 Å². The minimum atomic E-state index is -4.69. The number of benzene rings is 2. The lowest BCUT2D eigenvalue weighted by Gasteiger charge is -2.10. The molecule has 2 aromatic carbocycles. The average molecular weight is 412 g/mol. The van der Waals surface area contributed by atoms with Gasteiger partial charge in [-0.2, -0.15) is 18.3 Å². The lowest BCUT2D eigenvalue weighted by molar-refractivity contribution is -0.137. The van der Waals surface area contributed by atoms with Crippen LogP contribution in [0.1, 0.15) is 21.5 Å². The summed E-state index contributed by atoms with van der Waals surface area (Å²) in [6.07, 6.45) is -3.65. The first kappa shape index (κ1) is 19.4. The minimum absolute atomic E-state index is 0.0206. The van der Waals surface area contributed by atoms with Crippen LogP contribution in [0.25, 0.3) is 0 Å². The van der Waals surface area contributed by atoms with Crippen LogP contribution in [0.5, 0.6) is 5.75 Å². The molecule has 0 atom stereocenters. The van der Waals surface area contributed by atoms with Gasteiger partial charge < -0.3 is 5.11 Å². The topological polar surface area (TPSA) is 61.7 Å². The number of carbonyl (C=O) groups is 1. The number of nitrogens with one attached hydrogen (secondary N) is 1. The van der Waals surface area contributed by atoms with Crippen molar-refractivity contribution in [1.29, 1.82) is 0 Å². The van der Waals surface area contributed by atoms with E-state index in [1.54, 1.807) is 0 Å². The highest BCUT2D eigenvalue weighted by Gasteiger charge is 2.33. The van der Waals surface area contributed by atoms with Gasteiger partial charge in [0.1, 0.15) is 5.75 Å². The predicted molar refractivity (Wildman–Crippen MR) is 89.6 cm³/mol. The number of amides is 1. The Labute approximate surface area is 154 Å². The Morgan fingerprint density at radius 1 is 1.12 bits per heavy atom. The molecule has 0 aliphatic carbocycles. The Hall–Kier alpha value is -1.96. The maximum Gasteiger partial charge on any atom is 0.417 e. The number of phenols is 1. The fourth-order valence-corrected chi connectivity index (χ4v) is 2.53. The zero-order chi connectivity index (χ0) is 18.8. The van der Waals surface area contributed by atoms with Crippen molar-refractivity contribution in [3.63, 3.8) is 0 Å². The zero-order valence-corrected chi connectivity index (χ0v) is 14.3. The molecule has 2 rings (SSSR count). The predicted octanol–water partition coefficient (Wildman–Crippen LogP) is 5.14. The van der Waals surface area contributed by atoms with Crippen LogP contribution in [-0.4, -0.2) is 17.2 Å². The van der Waals surface area contributed by atoms with Gasteiger partial charge in [-0.3, -0.25) is 4.79 Å². The zero-order valence-electron chi connectivity index (χ0n) is 12.0. The highest BCUT2D eigenvalue weighted by molar-refractivity contribution is 6.36. The maximum atomic E-state index is 12.8. The molecule has 0 spiro atoms. The second-order valence-corrected chi connectivity index (χ2v) is 5.97. The van der Waals surface area contributed by atoms with E-state index in [0.29, 0.717) is 6.07 Å². The summed E-state index contributed by atoms with van der Waals surface area (Å²) < 4.78 is 38.4. The number of hydrogen-bond acceptors (Lipinski definition) is 3. The number of hydrogen-bond donors (Lipinski definition) is 2. The van der Waals surface area contributed by atoms with Gasteiger partial charge in [-0.05, 0) is 30.3 Å². The summed E-state index contributed by atoms with van der Waals surface area (Å²) in [5.74, 6) is -1.21. The van der Waals surface area contributed by atoms with Crippen molar-refractivity contribution in [2.24, 2.45) is 5.10 Å². The van der Waals surface area contributed by atoms with E-state index in [2.05, 4.69) is 5.10 Å². The first-order valence-electron chi connectivity index (χ1n) is 6.47. The second-order valence-electron chi connectivity index (χ2n) is 4.72. The lowest BCUT2D eigenvalue weighted by atomic mass is 10.1. The van der Waals surface area contributed by atoms with Gasteiger partial charge >= 0.3 is 6.18 Å². The molecule has 0 radical (unpaired) electrons. The molecule has 25 heavy (non-hydrogen) atoms. The van der Waals surface area contributed by atoms with Crippen molar-refractivity contribution in [1.82, 2.24) is 5.43 Å². The fourth-order valence-electron chi connectivity index (χ4n) is 1.79. The molecule has 0 aromatic heterocycles. The Morgan fingerprint density at radius 3 is 2.44 bits per heavy atom. The van der Waals surface area contributed by atoms with E-state index in [-0.39, 0.29) is 26.9 Å². The van der Waals surface area contributed by atoms with Crippen LogP contribution in [0.15, 0.2) is 35.4 Å².